The van der Waals surface area contributed by atoms with Crippen LogP contribution in [0.1, 0.15) is 23.0 Å². The Hall–Kier alpha value is -3.90. The first-order chi connectivity index (χ1) is 16.2. The minimum Gasteiger partial charge on any atom is -0.461 e. The number of carbonyl (C=O) groups is 2. The Morgan fingerprint density at radius 3 is 2.59 bits per heavy atom. The van der Waals surface area contributed by atoms with Gasteiger partial charge >= 0.3 is 12.1 Å². The molecule has 10 nitrogen and oxygen atoms in total. The van der Waals surface area contributed by atoms with E-state index in [0.717, 1.165) is 23.0 Å². The summed E-state index contributed by atoms with van der Waals surface area (Å²) in [6.07, 6.45) is -3.31. The molecule has 0 saturated carbocycles. The summed E-state index contributed by atoms with van der Waals surface area (Å²) in [6, 6.07) is 5.03. The zero-order valence-electron chi connectivity index (χ0n) is 18.0. The van der Waals surface area contributed by atoms with Crippen molar-refractivity contribution >= 4 is 28.7 Å². The van der Waals surface area contributed by atoms with Crippen LogP contribution in [0.25, 0.3) is 11.1 Å². The van der Waals surface area contributed by atoms with Crippen molar-refractivity contribution < 1.29 is 32.0 Å². The van der Waals surface area contributed by atoms with Gasteiger partial charge in [-0.25, -0.2) is 9.78 Å². The molecule has 13 heteroatoms. The normalized spacial score (nSPS) is 14.5. The SMILES string of the molecule is CCOC(=O)c1noc2ncn(CC(=O)N3CCN(c4cccc(C(F)(F)F)c4)CC3)c(=O)c12. The molecule has 180 valence electrons. The lowest BCUT2D eigenvalue weighted by Crippen LogP contribution is -2.50. The van der Waals surface area contributed by atoms with E-state index in [9.17, 15) is 27.6 Å². The molecule has 0 bridgehead atoms. The first-order valence-corrected chi connectivity index (χ1v) is 10.4. The maximum atomic E-state index is 13.0. The monoisotopic (exact) mass is 479 g/mol. The molecule has 0 unspecified atom stereocenters. The van der Waals surface area contributed by atoms with Gasteiger partial charge in [0.25, 0.3) is 11.3 Å². The number of halogens is 3. The van der Waals surface area contributed by atoms with E-state index in [1.54, 1.807) is 17.9 Å². The average Bonchev–Trinajstić information content (AvgIpc) is 3.26. The van der Waals surface area contributed by atoms with Gasteiger partial charge in [0.2, 0.25) is 11.6 Å². The maximum Gasteiger partial charge on any atom is 0.416 e. The first kappa shape index (κ1) is 23.3. The Balaban J connectivity index is 1.45. The zero-order chi connectivity index (χ0) is 24.5. The number of alkyl halides is 3. The highest BCUT2D eigenvalue weighted by Gasteiger charge is 2.31. The Morgan fingerprint density at radius 1 is 1.18 bits per heavy atom. The predicted octanol–water partition coefficient (Wildman–Crippen LogP) is 1.93. The van der Waals surface area contributed by atoms with E-state index in [0.29, 0.717) is 18.8 Å². The molecule has 3 heterocycles. The van der Waals surface area contributed by atoms with Gasteiger partial charge in [-0.15, -0.1) is 0 Å². The molecule has 34 heavy (non-hydrogen) atoms. The van der Waals surface area contributed by atoms with Crippen molar-refractivity contribution in [3.05, 3.63) is 52.2 Å². The average molecular weight is 479 g/mol. The molecule has 3 aromatic rings. The summed E-state index contributed by atoms with van der Waals surface area (Å²) >= 11 is 0. The van der Waals surface area contributed by atoms with Crippen molar-refractivity contribution in [1.29, 1.82) is 0 Å². The number of amides is 1. The van der Waals surface area contributed by atoms with Gasteiger partial charge in [0, 0.05) is 31.9 Å². The molecule has 0 atom stereocenters. The molecule has 1 fully saturated rings. The highest BCUT2D eigenvalue weighted by atomic mass is 19.4. The predicted molar refractivity (Wildman–Crippen MR) is 112 cm³/mol. The molecular formula is C21H20F3N5O5. The second-order valence-corrected chi connectivity index (χ2v) is 7.53. The van der Waals surface area contributed by atoms with Crippen LogP contribution in [0, 0.1) is 0 Å². The third-order valence-corrected chi connectivity index (χ3v) is 5.41. The van der Waals surface area contributed by atoms with Gasteiger partial charge in [-0.05, 0) is 25.1 Å². The van der Waals surface area contributed by atoms with Gasteiger partial charge in [0.1, 0.15) is 18.3 Å². The van der Waals surface area contributed by atoms with Crippen molar-refractivity contribution in [2.75, 3.05) is 37.7 Å². The summed E-state index contributed by atoms with van der Waals surface area (Å²) in [5, 5.41) is 3.37. The number of hydrogen-bond acceptors (Lipinski definition) is 8. The molecule has 1 aliphatic heterocycles. The van der Waals surface area contributed by atoms with Crippen molar-refractivity contribution in [2.45, 2.75) is 19.6 Å². The second kappa shape index (κ2) is 9.15. The molecule has 4 rings (SSSR count). The largest absolute Gasteiger partial charge is 0.461 e. The summed E-state index contributed by atoms with van der Waals surface area (Å²) < 4.78 is 49.8. The lowest BCUT2D eigenvalue weighted by Gasteiger charge is -2.36. The zero-order valence-corrected chi connectivity index (χ0v) is 18.0. The van der Waals surface area contributed by atoms with Crippen LogP contribution in [0.2, 0.25) is 0 Å². The molecule has 0 spiro atoms. The van der Waals surface area contributed by atoms with Gasteiger partial charge in [0.05, 0.1) is 12.2 Å². The summed E-state index contributed by atoms with van der Waals surface area (Å²) in [5.74, 6) is -1.21. The molecule has 0 aliphatic carbocycles. The number of ether oxygens (including phenoxy) is 1. The minimum absolute atomic E-state index is 0.0760. The van der Waals surface area contributed by atoms with Crippen LogP contribution >= 0.6 is 0 Å². The van der Waals surface area contributed by atoms with Gasteiger partial charge in [0.15, 0.2) is 0 Å². The van der Waals surface area contributed by atoms with Crippen molar-refractivity contribution in [2.24, 2.45) is 0 Å². The van der Waals surface area contributed by atoms with Crippen LogP contribution in [0.5, 0.6) is 0 Å². The summed E-state index contributed by atoms with van der Waals surface area (Å²) in [7, 11) is 0. The molecule has 1 amide bonds. The molecule has 1 aliphatic rings. The second-order valence-electron chi connectivity index (χ2n) is 7.53. The van der Waals surface area contributed by atoms with E-state index in [-0.39, 0.29) is 48.9 Å². The fraction of sp³-hybridized carbons (Fsp3) is 0.381. The number of anilines is 1. The van der Waals surface area contributed by atoms with Gasteiger partial charge in [-0.1, -0.05) is 11.2 Å². The lowest BCUT2D eigenvalue weighted by atomic mass is 10.1. The van der Waals surface area contributed by atoms with Crippen LogP contribution in [0.3, 0.4) is 0 Å². The molecular weight excluding hydrogens is 459 g/mol. The van der Waals surface area contributed by atoms with Crippen molar-refractivity contribution in [3.8, 4) is 0 Å². The van der Waals surface area contributed by atoms with E-state index in [4.69, 9.17) is 9.26 Å². The fourth-order valence-electron chi connectivity index (χ4n) is 3.67. The quantitative estimate of drug-likeness (QED) is 0.511. The number of esters is 1. The number of aromatic nitrogens is 3. The standard InChI is InChI=1S/C21H20F3N5O5/c1-2-33-20(32)17-16-18(34-26-17)25-12-29(19(16)31)11-15(30)28-8-6-27(7-9-28)14-5-3-4-13(10-14)21(22,23)24/h3-5,10,12H,2,6-9,11H2,1H3. The summed E-state index contributed by atoms with van der Waals surface area (Å²) in [4.78, 5) is 44.8. The lowest BCUT2D eigenvalue weighted by molar-refractivity contribution is -0.137. The van der Waals surface area contributed by atoms with Crippen molar-refractivity contribution in [3.63, 3.8) is 0 Å². The highest BCUT2D eigenvalue weighted by molar-refractivity contribution is 5.99. The van der Waals surface area contributed by atoms with Crippen LogP contribution < -0.4 is 10.5 Å². The van der Waals surface area contributed by atoms with Crippen LogP contribution in [0.4, 0.5) is 18.9 Å². The Morgan fingerprint density at radius 2 is 1.91 bits per heavy atom. The van der Waals surface area contributed by atoms with E-state index in [2.05, 4.69) is 10.1 Å². The first-order valence-electron chi connectivity index (χ1n) is 10.4. The molecule has 0 radical (unpaired) electrons. The van der Waals surface area contributed by atoms with Crippen molar-refractivity contribution in [1.82, 2.24) is 19.6 Å². The maximum absolute atomic E-state index is 13.0. The molecule has 2 aromatic heterocycles. The highest BCUT2D eigenvalue weighted by Crippen LogP contribution is 2.31. The van der Waals surface area contributed by atoms with E-state index < -0.39 is 23.3 Å². The number of hydrogen-bond donors (Lipinski definition) is 0. The number of nitrogens with zero attached hydrogens (tertiary/aromatic N) is 5. The van der Waals surface area contributed by atoms with Gasteiger partial charge < -0.3 is 19.1 Å². The number of fused-ring (bicyclic) bond motifs is 1. The van der Waals surface area contributed by atoms with Crippen LogP contribution in [-0.2, 0) is 22.3 Å². The summed E-state index contributed by atoms with van der Waals surface area (Å²) in [5.41, 5.74) is -1.45. The smallest absolute Gasteiger partial charge is 0.416 e. The van der Waals surface area contributed by atoms with Gasteiger partial charge in [-0.3, -0.25) is 14.2 Å². The third kappa shape index (κ3) is 4.58. The molecule has 0 N–H and O–H groups in total. The van der Waals surface area contributed by atoms with E-state index in [1.807, 2.05) is 0 Å². The van der Waals surface area contributed by atoms with Gasteiger partial charge in [-0.2, -0.15) is 13.2 Å². The fourth-order valence-corrected chi connectivity index (χ4v) is 3.67. The molecule has 1 saturated heterocycles. The third-order valence-electron chi connectivity index (χ3n) is 5.41. The van der Waals surface area contributed by atoms with Crippen LogP contribution in [0.15, 0.2) is 39.9 Å². The topological polar surface area (TPSA) is 111 Å². The molecule has 1 aromatic carbocycles. The van der Waals surface area contributed by atoms with Crippen LogP contribution in [-0.4, -0.2) is 64.3 Å². The number of rotatable bonds is 5. The Labute approximate surface area is 190 Å². The summed E-state index contributed by atoms with van der Waals surface area (Å²) in [6.45, 7) is 2.53. The Kier molecular flexibility index (Phi) is 6.26. The number of piperazine rings is 1. The van der Waals surface area contributed by atoms with E-state index in [1.165, 1.54) is 11.0 Å². The minimum atomic E-state index is -4.44. The number of benzene rings is 1. The van der Waals surface area contributed by atoms with E-state index >= 15 is 0 Å². The Bertz CT molecular complexity index is 1280. The number of carbonyl (C=O) groups excluding carboxylic acids is 2.